The Morgan fingerprint density at radius 3 is 2.63 bits per heavy atom. The number of carbonyl (C=O) groups is 2. The van der Waals surface area contributed by atoms with E-state index in [4.69, 9.17) is 4.74 Å². The lowest BCUT2D eigenvalue weighted by molar-refractivity contribution is -0.140. The standard InChI is InChI=1S/C24H33N3O3/c1-16-19(12-25-13-22(16)18-2-3-18)10-17-4-7-26(8-5-17)24(29)27-9-6-23-20(14-27)11-21(28)15-30-23/h12-13,17-18,20,23H,2-11,14-15H2,1H3/t20-,23+/m1/s1. The molecule has 4 heterocycles. The molecule has 0 spiro atoms. The zero-order chi connectivity index (χ0) is 20.7. The number of carbonyl (C=O) groups excluding carboxylic acids is 2. The number of ketones is 1. The molecule has 0 bridgehead atoms. The highest BCUT2D eigenvalue weighted by Gasteiger charge is 2.38. The Labute approximate surface area is 179 Å². The molecule has 1 aromatic rings. The lowest BCUT2D eigenvalue weighted by atomic mass is 9.87. The molecule has 0 aromatic carbocycles. The van der Waals surface area contributed by atoms with Crippen molar-refractivity contribution >= 4 is 11.8 Å². The number of fused-ring (bicyclic) bond motifs is 1. The topological polar surface area (TPSA) is 62.7 Å². The summed E-state index contributed by atoms with van der Waals surface area (Å²) in [6, 6.07) is 0.151. The molecule has 1 aromatic heterocycles. The van der Waals surface area contributed by atoms with E-state index in [0.717, 1.165) is 51.2 Å². The fourth-order valence-corrected chi connectivity index (χ4v) is 5.59. The number of aromatic nitrogens is 1. The van der Waals surface area contributed by atoms with Gasteiger partial charge in [0, 0.05) is 50.9 Å². The predicted octanol–water partition coefficient (Wildman–Crippen LogP) is 3.32. The number of nitrogens with zero attached hydrogens (tertiary/aromatic N) is 3. The van der Waals surface area contributed by atoms with Gasteiger partial charge in [0.25, 0.3) is 0 Å². The van der Waals surface area contributed by atoms with E-state index < -0.39 is 0 Å². The van der Waals surface area contributed by atoms with Gasteiger partial charge in [-0.2, -0.15) is 0 Å². The number of likely N-dealkylation sites (tertiary alicyclic amines) is 2. The minimum absolute atomic E-state index is 0.151. The van der Waals surface area contributed by atoms with Gasteiger partial charge in [0.05, 0.1) is 6.10 Å². The summed E-state index contributed by atoms with van der Waals surface area (Å²) < 4.78 is 5.67. The third kappa shape index (κ3) is 4.11. The first-order valence-corrected chi connectivity index (χ1v) is 11.7. The van der Waals surface area contributed by atoms with Gasteiger partial charge >= 0.3 is 6.03 Å². The number of pyridine rings is 1. The normalized spacial score (nSPS) is 27.8. The number of piperidine rings is 2. The van der Waals surface area contributed by atoms with Crippen molar-refractivity contribution in [3.8, 4) is 0 Å². The fourth-order valence-electron chi connectivity index (χ4n) is 5.59. The average Bonchev–Trinajstić information content (AvgIpc) is 3.60. The third-order valence-electron chi connectivity index (χ3n) is 7.65. The lowest BCUT2D eigenvalue weighted by Gasteiger charge is -2.43. The molecule has 4 aliphatic rings. The van der Waals surface area contributed by atoms with Crippen LogP contribution in [0.15, 0.2) is 12.4 Å². The van der Waals surface area contributed by atoms with E-state index in [1.54, 1.807) is 0 Å². The van der Waals surface area contributed by atoms with Crippen LogP contribution in [0.2, 0.25) is 0 Å². The summed E-state index contributed by atoms with van der Waals surface area (Å²) in [6.07, 6.45) is 11.5. The number of urea groups is 1. The van der Waals surface area contributed by atoms with Crippen molar-refractivity contribution in [2.24, 2.45) is 11.8 Å². The van der Waals surface area contributed by atoms with E-state index >= 15 is 0 Å². The Morgan fingerprint density at radius 1 is 1.10 bits per heavy atom. The van der Waals surface area contributed by atoms with Gasteiger partial charge in [-0.05, 0) is 74.0 Å². The molecular weight excluding hydrogens is 378 g/mol. The average molecular weight is 412 g/mol. The number of ether oxygens (including phenoxy) is 1. The van der Waals surface area contributed by atoms with Crippen LogP contribution in [0.25, 0.3) is 0 Å². The second-order valence-electron chi connectivity index (χ2n) is 9.79. The van der Waals surface area contributed by atoms with Crippen molar-refractivity contribution in [3.63, 3.8) is 0 Å². The van der Waals surface area contributed by atoms with Gasteiger partial charge in [0.15, 0.2) is 5.78 Å². The van der Waals surface area contributed by atoms with Gasteiger partial charge in [0.1, 0.15) is 6.61 Å². The first-order chi connectivity index (χ1) is 14.6. The summed E-state index contributed by atoms with van der Waals surface area (Å²) in [7, 11) is 0. The van der Waals surface area contributed by atoms with Crippen LogP contribution < -0.4 is 0 Å². The number of hydrogen-bond donors (Lipinski definition) is 0. The second-order valence-corrected chi connectivity index (χ2v) is 9.79. The smallest absolute Gasteiger partial charge is 0.320 e. The Hall–Kier alpha value is -1.95. The van der Waals surface area contributed by atoms with Crippen molar-refractivity contribution in [2.45, 2.75) is 63.9 Å². The van der Waals surface area contributed by atoms with Crippen LogP contribution in [-0.4, -0.2) is 65.5 Å². The van der Waals surface area contributed by atoms with Crippen molar-refractivity contribution in [1.82, 2.24) is 14.8 Å². The molecular formula is C24H33N3O3. The molecule has 1 aliphatic carbocycles. The minimum Gasteiger partial charge on any atom is -0.370 e. The molecule has 3 saturated heterocycles. The third-order valence-corrected chi connectivity index (χ3v) is 7.65. The van der Waals surface area contributed by atoms with E-state index in [1.807, 2.05) is 9.80 Å². The van der Waals surface area contributed by atoms with Crippen molar-refractivity contribution in [2.75, 3.05) is 32.8 Å². The van der Waals surface area contributed by atoms with Gasteiger partial charge in [-0.3, -0.25) is 9.78 Å². The van der Waals surface area contributed by atoms with E-state index in [1.165, 1.54) is 29.5 Å². The zero-order valence-corrected chi connectivity index (χ0v) is 18.0. The molecule has 162 valence electrons. The van der Waals surface area contributed by atoms with Crippen LogP contribution in [0, 0.1) is 18.8 Å². The SMILES string of the molecule is Cc1c(CC2CCN(C(=O)N3CC[C@@H]4OCC(=O)C[C@@H]4C3)CC2)cncc1C1CC1. The molecule has 0 unspecified atom stereocenters. The molecule has 2 atom stereocenters. The molecule has 0 radical (unpaired) electrons. The van der Waals surface area contributed by atoms with Gasteiger partial charge in [-0.15, -0.1) is 0 Å². The first kappa shape index (κ1) is 20.0. The Morgan fingerprint density at radius 2 is 1.87 bits per heavy atom. The summed E-state index contributed by atoms with van der Waals surface area (Å²) in [5, 5.41) is 0. The monoisotopic (exact) mass is 411 g/mol. The second kappa shape index (κ2) is 8.29. The molecule has 0 N–H and O–H groups in total. The zero-order valence-electron chi connectivity index (χ0n) is 18.0. The van der Waals surface area contributed by atoms with Crippen LogP contribution in [0.1, 0.15) is 61.1 Å². The molecule has 5 rings (SSSR count). The van der Waals surface area contributed by atoms with Crippen LogP contribution in [-0.2, 0) is 16.0 Å². The largest absolute Gasteiger partial charge is 0.370 e. The van der Waals surface area contributed by atoms with E-state index in [2.05, 4.69) is 24.3 Å². The highest BCUT2D eigenvalue weighted by Crippen LogP contribution is 2.42. The van der Waals surface area contributed by atoms with Gasteiger partial charge in [0.2, 0.25) is 0 Å². The maximum Gasteiger partial charge on any atom is 0.320 e. The molecule has 6 nitrogen and oxygen atoms in total. The summed E-state index contributed by atoms with van der Waals surface area (Å²) in [5.41, 5.74) is 4.29. The van der Waals surface area contributed by atoms with Crippen LogP contribution in [0.5, 0.6) is 0 Å². The summed E-state index contributed by atoms with van der Waals surface area (Å²) in [5.74, 6) is 1.71. The molecule has 3 aliphatic heterocycles. The van der Waals surface area contributed by atoms with E-state index in [9.17, 15) is 9.59 Å². The highest BCUT2D eigenvalue weighted by molar-refractivity contribution is 5.81. The van der Waals surface area contributed by atoms with Crippen molar-refractivity contribution < 1.29 is 14.3 Å². The molecule has 2 amide bonds. The Kier molecular flexibility index (Phi) is 5.52. The first-order valence-electron chi connectivity index (χ1n) is 11.7. The predicted molar refractivity (Wildman–Crippen MR) is 113 cm³/mol. The summed E-state index contributed by atoms with van der Waals surface area (Å²) in [4.78, 5) is 33.3. The lowest BCUT2D eigenvalue weighted by Crippen LogP contribution is -2.54. The maximum atomic E-state index is 13.1. The van der Waals surface area contributed by atoms with E-state index in [0.29, 0.717) is 18.9 Å². The number of Topliss-reactive ketones (excluding diaryl/α,β-unsaturated/α-hetero) is 1. The molecule has 4 fully saturated rings. The summed E-state index contributed by atoms with van der Waals surface area (Å²) in [6.45, 7) is 5.57. The van der Waals surface area contributed by atoms with Gasteiger partial charge in [-0.1, -0.05) is 0 Å². The van der Waals surface area contributed by atoms with Crippen LogP contribution in [0.3, 0.4) is 0 Å². The Balaban J connectivity index is 1.14. The van der Waals surface area contributed by atoms with Gasteiger partial charge in [-0.25, -0.2) is 4.79 Å². The number of amides is 2. The minimum atomic E-state index is 0.151. The fraction of sp³-hybridized carbons (Fsp3) is 0.708. The van der Waals surface area contributed by atoms with Crippen molar-refractivity contribution in [1.29, 1.82) is 0 Å². The van der Waals surface area contributed by atoms with E-state index in [-0.39, 0.29) is 30.4 Å². The number of hydrogen-bond acceptors (Lipinski definition) is 4. The van der Waals surface area contributed by atoms with Gasteiger partial charge < -0.3 is 14.5 Å². The Bertz CT molecular complexity index is 814. The molecule has 30 heavy (non-hydrogen) atoms. The molecule has 1 saturated carbocycles. The molecule has 6 heteroatoms. The number of rotatable bonds is 3. The highest BCUT2D eigenvalue weighted by atomic mass is 16.5. The maximum absolute atomic E-state index is 13.1. The summed E-state index contributed by atoms with van der Waals surface area (Å²) >= 11 is 0. The quantitative estimate of drug-likeness (QED) is 0.765. The van der Waals surface area contributed by atoms with Crippen LogP contribution in [0.4, 0.5) is 4.79 Å². The van der Waals surface area contributed by atoms with Crippen LogP contribution >= 0.6 is 0 Å². The van der Waals surface area contributed by atoms with Crippen molar-refractivity contribution in [3.05, 3.63) is 29.1 Å².